The fourth-order valence-electron chi connectivity index (χ4n) is 2.39. The average Bonchev–Trinajstić information content (AvgIpc) is 3.17. The van der Waals surface area contributed by atoms with E-state index in [0.717, 1.165) is 4.80 Å². The van der Waals surface area contributed by atoms with Gasteiger partial charge in [0.15, 0.2) is 11.5 Å². The lowest BCUT2D eigenvalue weighted by Gasteiger charge is -2.09. The van der Waals surface area contributed by atoms with Crippen LogP contribution < -0.4 is 14.9 Å². The number of hydrazone groups is 1. The van der Waals surface area contributed by atoms with E-state index in [-0.39, 0.29) is 23.8 Å². The zero-order chi connectivity index (χ0) is 20.8. The fraction of sp³-hybridized carbons (Fsp3) is 0.167. The Balaban J connectivity index is 1.63. The van der Waals surface area contributed by atoms with Crippen molar-refractivity contribution < 1.29 is 19.4 Å². The largest absolute Gasteiger partial charge is 0.502 e. The molecule has 1 heterocycles. The number of benzene rings is 2. The third-order valence-corrected chi connectivity index (χ3v) is 4.09. The standard InChI is InChI=1S/C18H17ClN6O4/c1-28-14-7-11(8-15(29-2)17(14)27)9-20-21-16(26)10-25-23-18(22-24-25)12-5-3-4-6-13(12)19/h3-9,27H,10H2,1-2H3,(H,21,26)/b20-9+. The number of aromatic nitrogens is 4. The molecular weight excluding hydrogens is 400 g/mol. The number of hydrogen-bond acceptors (Lipinski definition) is 8. The van der Waals surface area contributed by atoms with Crippen LogP contribution in [0.15, 0.2) is 41.5 Å². The van der Waals surface area contributed by atoms with Gasteiger partial charge in [0.05, 0.1) is 25.5 Å². The van der Waals surface area contributed by atoms with E-state index in [1.165, 1.54) is 20.4 Å². The van der Waals surface area contributed by atoms with Gasteiger partial charge in [-0.05, 0) is 29.5 Å². The lowest BCUT2D eigenvalue weighted by atomic mass is 10.2. The van der Waals surface area contributed by atoms with Crippen LogP contribution in [0.25, 0.3) is 11.4 Å². The van der Waals surface area contributed by atoms with Crippen LogP contribution in [0.4, 0.5) is 0 Å². The van der Waals surface area contributed by atoms with Crippen molar-refractivity contribution in [3.05, 3.63) is 47.0 Å². The van der Waals surface area contributed by atoms with E-state index in [1.807, 2.05) is 0 Å². The van der Waals surface area contributed by atoms with Gasteiger partial charge in [-0.15, -0.1) is 10.2 Å². The molecule has 0 spiro atoms. The number of halogens is 1. The smallest absolute Gasteiger partial charge is 0.263 e. The van der Waals surface area contributed by atoms with E-state index in [4.69, 9.17) is 21.1 Å². The van der Waals surface area contributed by atoms with Gasteiger partial charge in [0.1, 0.15) is 6.54 Å². The summed E-state index contributed by atoms with van der Waals surface area (Å²) in [5.41, 5.74) is 3.53. The van der Waals surface area contributed by atoms with Crippen LogP contribution in [-0.2, 0) is 11.3 Å². The zero-order valence-electron chi connectivity index (χ0n) is 15.5. The third kappa shape index (κ3) is 4.79. The maximum Gasteiger partial charge on any atom is 0.263 e. The summed E-state index contributed by atoms with van der Waals surface area (Å²) in [6.45, 7) is -0.184. The molecule has 0 saturated heterocycles. The van der Waals surface area contributed by atoms with Gasteiger partial charge in [-0.25, -0.2) is 5.43 Å². The Morgan fingerprint density at radius 1 is 1.28 bits per heavy atom. The molecule has 1 aromatic heterocycles. The quantitative estimate of drug-likeness (QED) is 0.445. The number of aromatic hydroxyl groups is 1. The second kappa shape index (κ2) is 9.02. The van der Waals surface area contributed by atoms with Crippen LogP contribution >= 0.6 is 11.6 Å². The fourth-order valence-corrected chi connectivity index (χ4v) is 2.61. The number of ether oxygens (including phenoxy) is 2. The monoisotopic (exact) mass is 416 g/mol. The predicted molar refractivity (Wildman–Crippen MR) is 105 cm³/mol. The van der Waals surface area contributed by atoms with Gasteiger partial charge in [-0.2, -0.15) is 9.90 Å². The highest BCUT2D eigenvalue weighted by atomic mass is 35.5. The molecule has 3 aromatic rings. The van der Waals surface area contributed by atoms with Crippen LogP contribution in [0, 0.1) is 0 Å². The van der Waals surface area contributed by atoms with E-state index >= 15 is 0 Å². The van der Waals surface area contributed by atoms with Gasteiger partial charge < -0.3 is 14.6 Å². The molecule has 0 fully saturated rings. The molecule has 0 radical (unpaired) electrons. The van der Waals surface area contributed by atoms with Gasteiger partial charge in [-0.1, -0.05) is 23.7 Å². The number of amides is 1. The SMILES string of the molecule is COc1cc(/C=N/NC(=O)Cn2nnc(-c3ccccc3Cl)n2)cc(OC)c1O. The van der Waals surface area contributed by atoms with Crippen molar-refractivity contribution >= 4 is 23.7 Å². The average molecular weight is 417 g/mol. The van der Waals surface area contributed by atoms with E-state index in [0.29, 0.717) is 22.0 Å². The molecule has 2 N–H and O–H groups in total. The number of methoxy groups -OCH3 is 2. The molecule has 1 amide bonds. The number of carbonyl (C=O) groups excluding carboxylic acids is 1. The molecule has 0 saturated carbocycles. The highest BCUT2D eigenvalue weighted by Crippen LogP contribution is 2.36. The van der Waals surface area contributed by atoms with Crippen molar-refractivity contribution in [3.63, 3.8) is 0 Å². The molecule has 10 nitrogen and oxygen atoms in total. The van der Waals surface area contributed by atoms with Gasteiger partial charge in [0.25, 0.3) is 5.91 Å². The molecule has 0 unspecified atom stereocenters. The van der Waals surface area contributed by atoms with Crippen LogP contribution in [-0.4, -0.2) is 51.7 Å². The first-order valence-corrected chi connectivity index (χ1v) is 8.69. The maximum absolute atomic E-state index is 12.0. The van der Waals surface area contributed by atoms with E-state index in [1.54, 1.807) is 36.4 Å². The van der Waals surface area contributed by atoms with Crippen LogP contribution in [0.2, 0.25) is 5.02 Å². The molecular formula is C18H17ClN6O4. The highest BCUT2D eigenvalue weighted by molar-refractivity contribution is 6.33. The summed E-state index contributed by atoms with van der Waals surface area (Å²) < 4.78 is 10.1. The Bertz CT molecular complexity index is 1030. The van der Waals surface area contributed by atoms with Crippen molar-refractivity contribution in [1.82, 2.24) is 25.6 Å². The van der Waals surface area contributed by atoms with Crippen molar-refractivity contribution in [2.24, 2.45) is 5.10 Å². The number of phenolic OH excluding ortho intramolecular Hbond substituents is 1. The summed E-state index contributed by atoms with van der Waals surface area (Å²) >= 11 is 6.10. The molecule has 150 valence electrons. The molecule has 0 atom stereocenters. The second-order valence-corrected chi connectivity index (χ2v) is 6.10. The molecule has 11 heteroatoms. The predicted octanol–water partition coefficient (Wildman–Crippen LogP) is 1.87. The van der Waals surface area contributed by atoms with Gasteiger partial charge in [0, 0.05) is 11.1 Å². The van der Waals surface area contributed by atoms with Gasteiger partial charge >= 0.3 is 0 Å². The Hall–Kier alpha value is -3.66. The van der Waals surface area contributed by atoms with Crippen LogP contribution in [0.1, 0.15) is 5.56 Å². The first-order chi connectivity index (χ1) is 14.0. The summed E-state index contributed by atoms with van der Waals surface area (Å²) in [6, 6.07) is 10.2. The van der Waals surface area contributed by atoms with Crippen LogP contribution in [0.5, 0.6) is 17.2 Å². The zero-order valence-corrected chi connectivity index (χ0v) is 16.3. The second-order valence-electron chi connectivity index (χ2n) is 5.69. The van der Waals surface area contributed by atoms with Crippen molar-refractivity contribution in [1.29, 1.82) is 0 Å². The lowest BCUT2D eigenvalue weighted by Crippen LogP contribution is -2.24. The van der Waals surface area contributed by atoms with E-state index in [9.17, 15) is 9.90 Å². The number of tetrazole rings is 1. The Kier molecular flexibility index (Phi) is 6.25. The van der Waals surface area contributed by atoms with Gasteiger partial charge in [0.2, 0.25) is 11.6 Å². The minimum atomic E-state index is -0.456. The number of nitrogens with zero attached hydrogens (tertiary/aromatic N) is 5. The summed E-state index contributed by atoms with van der Waals surface area (Å²) in [5, 5.41) is 26.1. The van der Waals surface area contributed by atoms with Crippen LogP contribution in [0.3, 0.4) is 0 Å². The summed E-state index contributed by atoms with van der Waals surface area (Å²) in [4.78, 5) is 13.2. The topological polar surface area (TPSA) is 124 Å². The Labute approximate surface area is 170 Å². The van der Waals surface area contributed by atoms with Crippen molar-refractivity contribution in [2.75, 3.05) is 14.2 Å². The van der Waals surface area contributed by atoms with Gasteiger partial charge in [-0.3, -0.25) is 4.79 Å². The molecule has 29 heavy (non-hydrogen) atoms. The molecule has 0 aliphatic heterocycles. The highest BCUT2D eigenvalue weighted by Gasteiger charge is 2.12. The molecule has 0 aliphatic carbocycles. The number of phenols is 1. The van der Waals surface area contributed by atoms with E-state index < -0.39 is 5.91 Å². The summed E-state index contributed by atoms with van der Waals surface area (Å²) in [7, 11) is 2.83. The first-order valence-electron chi connectivity index (χ1n) is 8.31. The minimum absolute atomic E-state index is 0.122. The Morgan fingerprint density at radius 3 is 2.62 bits per heavy atom. The molecule has 0 aliphatic rings. The summed E-state index contributed by atoms with van der Waals surface area (Å²) in [5.74, 6) is 0.173. The number of hydrogen-bond donors (Lipinski definition) is 2. The normalized spacial score (nSPS) is 10.9. The summed E-state index contributed by atoms with van der Waals surface area (Å²) in [6.07, 6.45) is 1.38. The molecule has 0 bridgehead atoms. The molecule has 2 aromatic carbocycles. The van der Waals surface area contributed by atoms with Crippen molar-refractivity contribution in [2.45, 2.75) is 6.54 Å². The molecule has 3 rings (SSSR count). The van der Waals surface area contributed by atoms with E-state index in [2.05, 4.69) is 25.9 Å². The number of nitrogens with one attached hydrogen (secondary N) is 1. The number of rotatable bonds is 7. The minimum Gasteiger partial charge on any atom is -0.502 e. The maximum atomic E-state index is 12.0. The third-order valence-electron chi connectivity index (χ3n) is 3.76. The number of carbonyl (C=O) groups is 1. The van der Waals surface area contributed by atoms with Crippen molar-refractivity contribution in [3.8, 4) is 28.6 Å². The Morgan fingerprint density at radius 2 is 1.97 bits per heavy atom. The lowest BCUT2D eigenvalue weighted by molar-refractivity contribution is -0.122. The first kappa shape index (κ1) is 20.1.